The molecule has 1 fully saturated rings. The predicted molar refractivity (Wildman–Crippen MR) is 76.6 cm³/mol. The van der Waals surface area contributed by atoms with Gasteiger partial charge in [0.1, 0.15) is 12.1 Å². The summed E-state index contributed by atoms with van der Waals surface area (Å²) in [5.41, 5.74) is 0. The van der Waals surface area contributed by atoms with E-state index in [2.05, 4.69) is 33.0 Å². The number of rotatable bonds is 6. The monoisotopic (exact) mass is 268 g/mol. The van der Waals surface area contributed by atoms with Crippen molar-refractivity contribution in [2.45, 2.75) is 66.0 Å². The molecule has 0 spiro atoms. The van der Waals surface area contributed by atoms with Crippen LogP contribution in [0.15, 0.2) is 0 Å². The van der Waals surface area contributed by atoms with Crippen molar-refractivity contribution in [3.63, 3.8) is 0 Å². The maximum absolute atomic E-state index is 12.5. The molecule has 0 aromatic carbocycles. The molecule has 0 saturated carbocycles. The van der Waals surface area contributed by atoms with Gasteiger partial charge in [-0.2, -0.15) is 0 Å². The van der Waals surface area contributed by atoms with Gasteiger partial charge in [-0.15, -0.1) is 0 Å². The van der Waals surface area contributed by atoms with Crippen molar-refractivity contribution in [3.8, 4) is 0 Å². The molecule has 0 bridgehead atoms. The molecule has 4 nitrogen and oxygen atoms in total. The average Bonchev–Trinajstić information content (AvgIpc) is 2.36. The molecule has 0 aliphatic carbocycles. The minimum atomic E-state index is -0.337. The number of piperazine rings is 1. The van der Waals surface area contributed by atoms with E-state index in [9.17, 15) is 9.59 Å². The van der Waals surface area contributed by atoms with Crippen molar-refractivity contribution >= 4 is 11.8 Å². The van der Waals surface area contributed by atoms with Gasteiger partial charge >= 0.3 is 0 Å². The molecule has 2 unspecified atom stereocenters. The number of amides is 2. The maximum atomic E-state index is 12.5. The van der Waals surface area contributed by atoms with Gasteiger partial charge in [0.05, 0.1) is 0 Å². The van der Waals surface area contributed by atoms with Gasteiger partial charge in [-0.3, -0.25) is 9.59 Å². The van der Waals surface area contributed by atoms with Crippen LogP contribution in [0.2, 0.25) is 0 Å². The molecule has 1 rings (SSSR count). The molecule has 0 aromatic rings. The lowest BCUT2D eigenvalue weighted by Gasteiger charge is -2.39. The smallest absolute Gasteiger partial charge is 0.245 e. The Morgan fingerprint density at radius 3 is 2.26 bits per heavy atom. The number of carbonyl (C=O) groups excluding carboxylic acids is 2. The number of nitrogens with zero attached hydrogens (tertiary/aromatic N) is 1. The highest BCUT2D eigenvalue weighted by Crippen LogP contribution is 2.19. The molecule has 2 amide bonds. The third kappa shape index (κ3) is 3.95. The molecule has 1 saturated heterocycles. The number of hydrogen-bond acceptors (Lipinski definition) is 2. The second kappa shape index (κ2) is 6.92. The van der Waals surface area contributed by atoms with E-state index in [0.717, 1.165) is 19.3 Å². The summed E-state index contributed by atoms with van der Waals surface area (Å²) in [6.07, 6.45) is 2.81. The summed E-state index contributed by atoms with van der Waals surface area (Å²) in [5, 5.41) is 2.86. The van der Waals surface area contributed by atoms with E-state index in [1.807, 2.05) is 6.92 Å². The first kappa shape index (κ1) is 16.0. The van der Waals surface area contributed by atoms with Gasteiger partial charge in [0.2, 0.25) is 11.8 Å². The highest BCUT2D eigenvalue weighted by Gasteiger charge is 2.38. The quantitative estimate of drug-likeness (QED) is 0.802. The standard InChI is InChI=1S/C15H28N2O2/c1-6-12(7-2)9-17-11(5)14(18)16-13(15(17)19)8-10(3)4/h10-13H,6-9H2,1-5H3,(H,16,18). The lowest BCUT2D eigenvalue weighted by Crippen LogP contribution is -2.63. The topological polar surface area (TPSA) is 49.4 Å². The van der Waals surface area contributed by atoms with E-state index < -0.39 is 0 Å². The molecule has 19 heavy (non-hydrogen) atoms. The second-order valence-corrected chi connectivity index (χ2v) is 6.04. The van der Waals surface area contributed by atoms with Crippen LogP contribution < -0.4 is 5.32 Å². The van der Waals surface area contributed by atoms with E-state index in [-0.39, 0.29) is 23.9 Å². The molecule has 0 aromatic heterocycles. The van der Waals surface area contributed by atoms with Gasteiger partial charge in [-0.25, -0.2) is 0 Å². The van der Waals surface area contributed by atoms with Gasteiger partial charge in [0.15, 0.2) is 0 Å². The maximum Gasteiger partial charge on any atom is 0.245 e. The van der Waals surface area contributed by atoms with E-state index in [1.165, 1.54) is 0 Å². The van der Waals surface area contributed by atoms with Crippen LogP contribution in [0.3, 0.4) is 0 Å². The molecule has 2 atom stereocenters. The first-order valence-electron chi connectivity index (χ1n) is 7.51. The Bertz CT molecular complexity index is 324. The third-order valence-electron chi connectivity index (χ3n) is 4.06. The summed E-state index contributed by atoms with van der Waals surface area (Å²) >= 11 is 0. The zero-order chi connectivity index (χ0) is 14.6. The minimum Gasteiger partial charge on any atom is -0.343 e. The molecule has 110 valence electrons. The molecule has 0 radical (unpaired) electrons. The fourth-order valence-corrected chi connectivity index (χ4v) is 2.59. The van der Waals surface area contributed by atoms with Crippen LogP contribution in [0.25, 0.3) is 0 Å². The van der Waals surface area contributed by atoms with Crippen molar-refractivity contribution in [1.29, 1.82) is 0 Å². The third-order valence-corrected chi connectivity index (χ3v) is 4.06. The van der Waals surface area contributed by atoms with Gasteiger partial charge in [-0.1, -0.05) is 40.5 Å². The zero-order valence-electron chi connectivity index (χ0n) is 12.9. The number of carbonyl (C=O) groups is 2. The molecule has 1 heterocycles. The Kier molecular flexibility index (Phi) is 5.83. The zero-order valence-corrected chi connectivity index (χ0v) is 12.9. The van der Waals surface area contributed by atoms with Crippen LogP contribution >= 0.6 is 0 Å². The van der Waals surface area contributed by atoms with Gasteiger partial charge < -0.3 is 10.2 Å². The van der Waals surface area contributed by atoms with Crippen LogP contribution in [0.1, 0.15) is 53.9 Å². The largest absolute Gasteiger partial charge is 0.343 e. The Hall–Kier alpha value is -1.06. The van der Waals surface area contributed by atoms with Crippen LogP contribution in [0, 0.1) is 11.8 Å². The number of nitrogens with one attached hydrogen (secondary N) is 1. The fourth-order valence-electron chi connectivity index (χ4n) is 2.59. The van der Waals surface area contributed by atoms with E-state index >= 15 is 0 Å². The fraction of sp³-hybridized carbons (Fsp3) is 0.867. The van der Waals surface area contributed by atoms with Crippen LogP contribution in [-0.2, 0) is 9.59 Å². The summed E-state index contributed by atoms with van der Waals surface area (Å²) in [6.45, 7) is 10.9. The highest BCUT2D eigenvalue weighted by atomic mass is 16.2. The lowest BCUT2D eigenvalue weighted by atomic mass is 9.96. The molecule has 4 heteroatoms. The Morgan fingerprint density at radius 1 is 1.21 bits per heavy atom. The van der Waals surface area contributed by atoms with Crippen molar-refractivity contribution in [3.05, 3.63) is 0 Å². The van der Waals surface area contributed by atoms with Gasteiger partial charge in [-0.05, 0) is 25.2 Å². The van der Waals surface area contributed by atoms with Crippen LogP contribution in [-0.4, -0.2) is 35.3 Å². The molecule has 1 aliphatic rings. The van der Waals surface area contributed by atoms with Crippen molar-refractivity contribution < 1.29 is 9.59 Å². The van der Waals surface area contributed by atoms with Crippen LogP contribution in [0.5, 0.6) is 0 Å². The molecular formula is C15H28N2O2. The highest BCUT2D eigenvalue weighted by molar-refractivity contribution is 5.96. The normalized spacial score (nSPS) is 24.3. The summed E-state index contributed by atoms with van der Waals surface area (Å²) < 4.78 is 0. The summed E-state index contributed by atoms with van der Waals surface area (Å²) in [7, 11) is 0. The molecule has 1 aliphatic heterocycles. The number of hydrogen-bond donors (Lipinski definition) is 1. The Morgan fingerprint density at radius 2 is 1.79 bits per heavy atom. The van der Waals surface area contributed by atoms with Gasteiger partial charge in [0, 0.05) is 6.54 Å². The minimum absolute atomic E-state index is 0.0174. The van der Waals surface area contributed by atoms with E-state index in [4.69, 9.17) is 0 Å². The summed E-state index contributed by atoms with van der Waals surface area (Å²) in [5.74, 6) is 0.957. The second-order valence-electron chi connectivity index (χ2n) is 6.04. The average molecular weight is 268 g/mol. The SMILES string of the molecule is CCC(CC)CN1C(=O)C(CC(C)C)NC(=O)C1C. The molecule has 1 N–H and O–H groups in total. The Balaban J connectivity index is 2.80. The van der Waals surface area contributed by atoms with E-state index in [1.54, 1.807) is 4.90 Å². The first-order chi connectivity index (χ1) is 8.90. The Labute approximate surface area is 116 Å². The van der Waals surface area contributed by atoms with Gasteiger partial charge in [0.25, 0.3) is 0 Å². The lowest BCUT2D eigenvalue weighted by molar-refractivity contribution is -0.149. The van der Waals surface area contributed by atoms with Crippen LogP contribution in [0.4, 0.5) is 0 Å². The van der Waals surface area contributed by atoms with Crippen molar-refractivity contribution in [2.75, 3.05) is 6.54 Å². The van der Waals surface area contributed by atoms with Crippen molar-refractivity contribution in [1.82, 2.24) is 10.2 Å². The molecular weight excluding hydrogens is 240 g/mol. The first-order valence-corrected chi connectivity index (χ1v) is 7.51. The summed E-state index contributed by atoms with van der Waals surface area (Å²) in [6, 6.07) is -0.672. The van der Waals surface area contributed by atoms with Crippen molar-refractivity contribution in [2.24, 2.45) is 11.8 Å². The summed E-state index contributed by atoms with van der Waals surface area (Å²) in [4.78, 5) is 26.3. The predicted octanol–water partition coefficient (Wildman–Crippen LogP) is 2.18. The van der Waals surface area contributed by atoms with E-state index in [0.29, 0.717) is 18.4 Å².